The van der Waals surface area contributed by atoms with Crippen LogP contribution >= 0.6 is 11.5 Å². The predicted molar refractivity (Wildman–Crippen MR) is 97.1 cm³/mol. The number of fused-ring (bicyclic) bond motifs is 2. The standard InChI is InChI=1S/C19H16N2O3S/c22-17-13-7-1-2-8-14(13)18(23)20(17)11-5-6-12-21-19(24)15-9-3-4-10-16(15)25-21/h1-4,7-10H,5-6,11-12H2. The molecule has 2 amide bonds. The second-order valence-electron chi connectivity index (χ2n) is 6.01. The SMILES string of the molecule is O=C1c2ccccc2C(=O)N1CCCCn1sc2ccccc2c1=O. The first-order chi connectivity index (χ1) is 12.2. The normalized spacial score (nSPS) is 13.7. The smallest absolute Gasteiger partial charge is 0.268 e. The van der Waals surface area contributed by atoms with Gasteiger partial charge in [-0.15, -0.1) is 0 Å². The molecular weight excluding hydrogens is 336 g/mol. The molecule has 0 saturated carbocycles. The fraction of sp³-hybridized carbons (Fsp3) is 0.211. The Labute approximate surface area is 148 Å². The van der Waals surface area contributed by atoms with Crippen molar-refractivity contribution in [1.29, 1.82) is 0 Å². The number of unbranched alkanes of at least 4 members (excludes halogenated alkanes) is 1. The second-order valence-corrected chi connectivity index (χ2v) is 7.07. The molecule has 4 rings (SSSR count). The van der Waals surface area contributed by atoms with Gasteiger partial charge in [0.2, 0.25) is 0 Å². The van der Waals surface area contributed by atoms with Crippen molar-refractivity contribution in [3.63, 3.8) is 0 Å². The lowest BCUT2D eigenvalue weighted by Crippen LogP contribution is -2.30. The molecule has 1 aliphatic heterocycles. The molecule has 5 nitrogen and oxygen atoms in total. The highest BCUT2D eigenvalue weighted by atomic mass is 32.1. The summed E-state index contributed by atoms with van der Waals surface area (Å²) in [6.07, 6.45) is 1.41. The van der Waals surface area contributed by atoms with E-state index in [1.54, 1.807) is 28.2 Å². The van der Waals surface area contributed by atoms with Gasteiger partial charge in [-0.05, 0) is 37.1 Å². The van der Waals surface area contributed by atoms with E-state index in [2.05, 4.69) is 0 Å². The largest absolute Gasteiger partial charge is 0.274 e. The van der Waals surface area contributed by atoms with Crippen LogP contribution in [0.1, 0.15) is 33.6 Å². The molecule has 0 atom stereocenters. The van der Waals surface area contributed by atoms with Gasteiger partial charge in [-0.3, -0.25) is 23.2 Å². The van der Waals surface area contributed by atoms with Crippen molar-refractivity contribution >= 4 is 33.4 Å². The first-order valence-electron chi connectivity index (χ1n) is 8.21. The zero-order valence-corrected chi connectivity index (χ0v) is 14.3. The summed E-state index contributed by atoms with van der Waals surface area (Å²) in [6, 6.07) is 14.5. The first-order valence-corrected chi connectivity index (χ1v) is 8.98. The van der Waals surface area contributed by atoms with Gasteiger partial charge in [0.1, 0.15) is 0 Å². The fourth-order valence-corrected chi connectivity index (χ4v) is 4.16. The molecule has 25 heavy (non-hydrogen) atoms. The quantitative estimate of drug-likeness (QED) is 0.523. The third-order valence-electron chi connectivity index (χ3n) is 4.42. The van der Waals surface area contributed by atoms with Crippen LogP contribution < -0.4 is 5.56 Å². The maximum Gasteiger partial charge on any atom is 0.268 e. The van der Waals surface area contributed by atoms with Crippen molar-refractivity contribution in [3.8, 4) is 0 Å². The number of aryl methyl sites for hydroxylation is 1. The molecule has 0 fully saturated rings. The molecule has 0 saturated heterocycles. The highest BCUT2D eigenvalue weighted by Gasteiger charge is 2.34. The lowest BCUT2D eigenvalue weighted by molar-refractivity contribution is 0.0651. The zero-order chi connectivity index (χ0) is 17.4. The van der Waals surface area contributed by atoms with Gasteiger partial charge in [0.15, 0.2) is 0 Å². The Morgan fingerprint density at radius 1 is 0.760 bits per heavy atom. The number of amides is 2. The minimum absolute atomic E-state index is 0.0290. The molecule has 2 heterocycles. The van der Waals surface area contributed by atoms with E-state index in [0.717, 1.165) is 16.5 Å². The molecule has 0 radical (unpaired) electrons. The summed E-state index contributed by atoms with van der Waals surface area (Å²) in [5.74, 6) is -0.445. The van der Waals surface area contributed by atoms with Crippen LogP contribution in [0.25, 0.3) is 10.1 Å². The summed E-state index contributed by atoms with van der Waals surface area (Å²) in [5, 5.41) is 0.743. The van der Waals surface area contributed by atoms with E-state index in [1.807, 2.05) is 24.3 Å². The number of hydrogen-bond donors (Lipinski definition) is 0. The Bertz CT molecular complexity index is 999. The average molecular weight is 352 g/mol. The van der Waals surface area contributed by atoms with E-state index < -0.39 is 0 Å². The van der Waals surface area contributed by atoms with Gasteiger partial charge in [-0.25, -0.2) is 0 Å². The van der Waals surface area contributed by atoms with E-state index >= 15 is 0 Å². The van der Waals surface area contributed by atoms with E-state index in [-0.39, 0.29) is 17.4 Å². The number of aromatic nitrogens is 1. The van der Waals surface area contributed by atoms with Crippen LogP contribution in [-0.4, -0.2) is 27.2 Å². The van der Waals surface area contributed by atoms with Crippen LogP contribution in [0, 0.1) is 0 Å². The third-order valence-corrected chi connectivity index (χ3v) is 5.55. The van der Waals surface area contributed by atoms with Crippen molar-refractivity contribution in [2.24, 2.45) is 0 Å². The minimum Gasteiger partial charge on any atom is -0.274 e. The fourth-order valence-electron chi connectivity index (χ4n) is 3.13. The van der Waals surface area contributed by atoms with E-state index in [0.29, 0.717) is 30.6 Å². The molecule has 6 heteroatoms. The topological polar surface area (TPSA) is 59.4 Å². The van der Waals surface area contributed by atoms with Crippen LogP contribution in [0.4, 0.5) is 0 Å². The number of nitrogens with zero attached hydrogens (tertiary/aromatic N) is 2. The van der Waals surface area contributed by atoms with Crippen LogP contribution in [-0.2, 0) is 6.54 Å². The molecular formula is C19H16N2O3S. The molecule has 2 aromatic carbocycles. The van der Waals surface area contributed by atoms with Gasteiger partial charge in [-0.1, -0.05) is 35.8 Å². The van der Waals surface area contributed by atoms with E-state index in [4.69, 9.17) is 0 Å². The van der Waals surface area contributed by atoms with Crippen molar-refractivity contribution in [1.82, 2.24) is 8.86 Å². The molecule has 0 bridgehead atoms. The van der Waals surface area contributed by atoms with Crippen molar-refractivity contribution < 1.29 is 9.59 Å². The molecule has 3 aromatic rings. The summed E-state index contributed by atoms with van der Waals surface area (Å²) in [4.78, 5) is 38.2. The molecule has 1 aromatic heterocycles. The van der Waals surface area contributed by atoms with Crippen molar-refractivity contribution in [3.05, 3.63) is 70.0 Å². The van der Waals surface area contributed by atoms with Gasteiger partial charge in [0, 0.05) is 13.1 Å². The Morgan fingerprint density at radius 3 is 2.04 bits per heavy atom. The molecule has 0 aliphatic carbocycles. The maximum atomic E-state index is 12.3. The Kier molecular flexibility index (Phi) is 3.97. The highest BCUT2D eigenvalue weighted by molar-refractivity contribution is 7.13. The molecule has 0 unspecified atom stereocenters. The summed E-state index contributed by atoms with van der Waals surface area (Å²) < 4.78 is 2.72. The third kappa shape index (κ3) is 2.68. The number of imide groups is 1. The van der Waals surface area contributed by atoms with E-state index in [1.165, 1.54) is 16.4 Å². The first kappa shape index (κ1) is 15.8. The van der Waals surface area contributed by atoms with Gasteiger partial charge < -0.3 is 0 Å². The predicted octanol–water partition coefficient (Wildman–Crippen LogP) is 3.14. The molecule has 0 spiro atoms. The van der Waals surface area contributed by atoms with Gasteiger partial charge in [0.05, 0.1) is 21.2 Å². The maximum absolute atomic E-state index is 12.3. The number of carbonyl (C=O) groups is 2. The monoisotopic (exact) mass is 352 g/mol. The molecule has 126 valence electrons. The van der Waals surface area contributed by atoms with Crippen LogP contribution in [0.15, 0.2) is 53.3 Å². The average Bonchev–Trinajstić information content (AvgIpc) is 3.08. The summed E-state index contributed by atoms with van der Waals surface area (Å²) in [7, 11) is 0. The summed E-state index contributed by atoms with van der Waals surface area (Å²) in [5.41, 5.74) is 0.989. The number of benzene rings is 2. The van der Waals surface area contributed by atoms with Crippen LogP contribution in [0.2, 0.25) is 0 Å². The minimum atomic E-state index is -0.223. The zero-order valence-electron chi connectivity index (χ0n) is 13.5. The van der Waals surface area contributed by atoms with Gasteiger partial charge in [-0.2, -0.15) is 0 Å². The Morgan fingerprint density at radius 2 is 1.36 bits per heavy atom. The lowest BCUT2D eigenvalue weighted by Gasteiger charge is -2.13. The van der Waals surface area contributed by atoms with Gasteiger partial charge in [0.25, 0.3) is 17.4 Å². The molecule has 0 N–H and O–H groups in total. The van der Waals surface area contributed by atoms with Crippen LogP contribution in [0.3, 0.4) is 0 Å². The lowest BCUT2D eigenvalue weighted by atomic mass is 10.1. The number of carbonyl (C=O) groups excluding carboxylic acids is 2. The number of hydrogen-bond acceptors (Lipinski definition) is 4. The Hall–Kier alpha value is -2.73. The van der Waals surface area contributed by atoms with Crippen molar-refractivity contribution in [2.75, 3.05) is 6.54 Å². The summed E-state index contributed by atoms with van der Waals surface area (Å²) >= 11 is 1.45. The highest BCUT2D eigenvalue weighted by Crippen LogP contribution is 2.23. The second kappa shape index (κ2) is 6.29. The Balaban J connectivity index is 1.39. The van der Waals surface area contributed by atoms with Gasteiger partial charge >= 0.3 is 0 Å². The number of rotatable bonds is 5. The molecule has 1 aliphatic rings. The van der Waals surface area contributed by atoms with Crippen LogP contribution in [0.5, 0.6) is 0 Å². The van der Waals surface area contributed by atoms with E-state index in [9.17, 15) is 14.4 Å². The van der Waals surface area contributed by atoms with Crippen molar-refractivity contribution in [2.45, 2.75) is 19.4 Å². The summed E-state index contributed by atoms with van der Waals surface area (Å²) in [6.45, 7) is 0.980.